The lowest BCUT2D eigenvalue weighted by Crippen LogP contribution is -2.20. The Labute approximate surface area is 125 Å². The molecule has 0 amide bonds. The van der Waals surface area contributed by atoms with Crippen molar-refractivity contribution in [3.05, 3.63) is 77.1 Å². The highest BCUT2D eigenvalue weighted by Crippen LogP contribution is 2.31. The van der Waals surface area contributed by atoms with E-state index in [2.05, 4.69) is 66.6 Å². The summed E-state index contributed by atoms with van der Waals surface area (Å²) in [6, 6.07) is 15.0. The summed E-state index contributed by atoms with van der Waals surface area (Å²) in [6.45, 7) is 4.34. The van der Waals surface area contributed by atoms with Gasteiger partial charge in [-0.3, -0.25) is 4.98 Å². The quantitative estimate of drug-likeness (QED) is 0.777. The SMILES string of the molecule is CNC(c1c(C)cccc1C)c1cncc2ccccc12. The van der Waals surface area contributed by atoms with E-state index in [1.165, 1.54) is 33.0 Å². The Bertz CT molecular complexity index is 752. The van der Waals surface area contributed by atoms with Crippen LogP contribution in [0.1, 0.15) is 28.3 Å². The lowest BCUT2D eigenvalue weighted by molar-refractivity contribution is 0.685. The number of hydrogen-bond acceptors (Lipinski definition) is 2. The van der Waals surface area contributed by atoms with Crippen LogP contribution in [-0.4, -0.2) is 12.0 Å². The van der Waals surface area contributed by atoms with Crippen molar-refractivity contribution in [2.75, 3.05) is 7.05 Å². The third-order valence-corrected chi connectivity index (χ3v) is 4.13. The van der Waals surface area contributed by atoms with Crippen molar-refractivity contribution in [2.45, 2.75) is 19.9 Å². The smallest absolute Gasteiger partial charge is 0.0600 e. The highest BCUT2D eigenvalue weighted by Gasteiger charge is 2.18. The van der Waals surface area contributed by atoms with Crippen molar-refractivity contribution in [2.24, 2.45) is 0 Å². The second-order valence-electron chi connectivity index (χ2n) is 5.48. The van der Waals surface area contributed by atoms with Crippen molar-refractivity contribution >= 4 is 10.8 Å². The molecule has 0 bridgehead atoms. The van der Waals surface area contributed by atoms with E-state index in [0.29, 0.717) is 0 Å². The molecule has 0 fully saturated rings. The van der Waals surface area contributed by atoms with Crippen molar-refractivity contribution in [1.82, 2.24) is 10.3 Å². The Morgan fingerprint density at radius 2 is 1.62 bits per heavy atom. The van der Waals surface area contributed by atoms with Crippen LogP contribution in [0.3, 0.4) is 0 Å². The Morgan fingerprint density at radius 1 is 0.905 bits per heavy atom. The number of aryl methyl sites for hydroxylation is 2. The Morgan fingerprint density at radius 3 is 2.33 bits per heavy atom. The van der Waals surface area contributed by atoms with E-state index in [-0.39, 0.29) is 6.04 Å². The van der Waals surface area contributed by atoms with E-state index >= 15 is 0 Å². The predicted molar refractivity (Wildman–Crippen MR) is 88.6 cm³/mol. The zero-order chi connectivity index (χ0) is 14.8. The Balaban J connectivity index is 2.24. The summed E-state index contributed by atoms with van der Waals surface area (Å²) in [6.07, 6.45) is 3.91. The van der Waals surface area contributed by atoms with Gasteiger partial charge in [0.15, 0.2) is 0 Å². The fraction of sp³-hybridized carbons (Fsp3) is 0.211. The molecule has 2 nitrogen and oxygen atoms in total. The third kappa shape index (κ3) is 2.43. The van der Waals surface area contributed by atoms with Gasteiger partial charge in [0.1, 0.15) is 0 Å². The van der Waals surface area contributed by atoms with Crippen LogP contribution in [0.15, 0.2) is 54.9 Å². The fourth-order valence-electron chi connectivity index (χ4n) is 3.11. The van der Waals surface area contributed by atoms with Crippen LogP contribution in [0.4, 0.5) is 0 Å². The number of nitrogens with zero attached hydrogens (tertiary/aromatic N) is 1. The highest BCUT2D eigenvalue weighted by atomic mass is 14.9. The van der Waals surface area contributed by atoms with Crippen LogP contribution in [0.25, 0.3) is 10.8 Å². The van der Waals surface area contributed by atoms with E-state index < -0.39 is 0 Å². The minimum atomic E-state index is 0.157. The molecule has 2 aromatic carbocycles. The maximum Gasteiger partial charge on any atom is 0.0600 e. The van der Waals surface area contributed by atoms with Gasteiger partial charge in [0, 0.05) is 17.8 Å². The van der Waals surface area contributed by atoms with Crippen LogP contribution in [-0.2, 0) is 0 Å². The largest absolute Gasteiger partial charge is 0.309 e. The molecule has 0 radical (unpaired) electrons. The standard InChI is InChI=1S/C19H20N2/c1-13-7-6-8-14(2)18(13)19(20-3)17-12-21-11-15-9-4-5-10-16(15)17/h4-12,19-20H,1-3H3. The molecule has 1 unspecified atom stereocenters. The number of nitrogens with one attached hydrogen (secondary N) is 1. The van der Waals surface area contributed by atoms with Crippen LogP contribution < -0.4 is 5.32 Å². The first-order chi connectivity index (χ1) is 10.2. The maximum absolute atomic E-state index is 4.43. The molecule has 1 aromatic heterocycles. The summed E-state index contributed by atoms with van der Waals surface area (Å²) < 4.78 is 0. The zero-order valence-corrected chi connectivity index (χ0v) is 12.7. The van der Waals surface area contributed by atoms with Crippen molar-refractivity contribution in [3.63, 3.8) is 0 Å². The minimum absolute atomic E-state index is 0.157. The lowest BCUT2D eigenvalue weighted by atomic mass is 9.90. The van der Waals surface area contributed by atoms with Gasteiger partial charge in [-0.1, -0.05) is 42.5 Å². The number of pyridine rings is 1. The molecule has 0 saturated carbocycles. The molecule has 3 aromatic rings. The molecule has 1 heterocycles. The van der Waals surface area contributed by atoms with Crippen molar-refractivity contribution in [3.8, 4) is 0 Å². The van der Waals surface area contributed by atoms with E-state index in [1.54, 1.807) is 0 Å². The molecule has 21 heavy (non-hydrogen) atoms. The minimum Gasteiger partial charge on any atom is -0.309 e. The number of benzene rings is 2. The van der Waals surface area contributed by atoms with Gasteiger partial charge in [0.25, 0.3) is 0 Å². The second-order valence-corrected chi connectivity index (χ2v) is 5.48. The zero-order valence-electron chi connectivity index (χ0n) is 12.7. The monoisotopic (exact) mass is 276 g/mol. The first-order valence-corrected chi connectivity index (χ1v) is 7.28. The van der Waals surface area contributed by atoms with Gasteiger partial charge < -0.3 is 5.32 Å². The molecule has 106 valence electrons. The molecular formula is C19H20N2. The van der Waals surface area contributed by atoms with Crippen molar-refractivity contribution in [1.29, 1.82) is 0 Å². The van der Waals surface area contributed by atoms with Gasteiger partial charge >= 0.3 is 0 Å². The summed E-state index contributed by atoms with van der Waals surface area (Å²) in [5.74, 6) is 0. The van der Waals surface area contributed by atoms with E-state index in [1.807, 2.05) is 19.4 Å². The van der Waals surface area contributed by atoms with Crippen LogP contribution in [0.5, 0.6) is 0 Å². The Kier molecular flexibility index (Phi) is 3.72. The average Bonchev–Trinajstić information content (AvgIpc) is 2.51. The molecule has 0 saturated heterocycles. The second kappa shape index (κ2) is 5.66. The van der Waals surface area contributed by atoms with E-state index in [9.17, 15) is 0 Å². The summed E-state index contributed by atoms with van der Waals surface area (Å²) in [7, 11) is 2.01. The summed E-state index contributed by atoms with van der Waals surface area (Å²) in [4.78, 5) is 4.43. The number of hydrogen-bond donors (Lipinski definition) is 1. The van der Waals surface area contributed by atoms with Gasteiger partial charge in [-0.2, -0.15) is 0 Å². The van der Waals surface area contributed by atoms with E-state index in [4.69, 9.17) is 0 Å². The Hall–Kier alpha value is -2.19. The maximum atomic E-state index is 4.43. The molecule has 0 aliphatic heterocycles. The van der Waals surface area contributed by atoms with Crippen molar-refractivity contribution < 1.29 is 0 Å². The van der Waals surface area contributed by atoms with Gasteiger partial charge in [-0.25, -0.2) is 0 Å². The first kappa shape index (κ1) is 13.8. The third-order valence-electron chi connectivity index (χ3n) is 4.13. The molecule has 0 aliphatic rings. The summed E-state index contributed by atoms with van der Waals surface area (Å²) in [5.41, 5.74) is 5.19. The summed E-state index contributed by atoms with van der Waals surface area (Å²) >= 11 is 0. The lowest BCUT2D eigenvalue weighted by Gasteiger charge is -2.22. The predicted octanol–water partition coefficient (Wildman–Crippen LogP) is 4.16. The molecule has 0 spiro atoms. The average molecular weight is 276 g/mol. The number of rotatable bonds is 3. The van der Waals surface area contributed by atoms with Gasteiger partial charge in [-0.15, -0.1) is 0 Å². The topological polar surface area (TPSA) is 24.9 Å². The molecular weight excluding hydrogens is 256 g/mol. The van der Waals surface area contributed by atoms with Gasteiger partial charge in [0.2, 0.25) is 0 Å². The van der Waals surface area contributed by atoms with Gasteiger partial charge in [0.05, 0.1) is 6.04 Å². The molecule has 1 atom stereocenters. The first-order valence-electron chi connectivity index (χ1n) is 7.28. The number of aromatic nitrogens is 1. The number of fused-ring (bicyclic) bond motifs is 1. The fourth-order valence-corrected chi connectivity index (χ4v) is 3.11. The highest BCUT2D eigenvalue weighted by molar-refractivity contribution is 5.85. The van der Waals surface area contributed by atoms with Crippen LogP contribution >= 0.6 is 0 Å². The van der Waals surface area contributed by atoms with Crippen LogP contribution in [0, 0.1) is 13.8 Å². The normalized spacial score (nSPS) is 12.5. The molecule has 2 heteroatoms. The van der Waals surface area contributed by atoms with Crippen LogP contribution in [0.2, 0.25) is 0 Å². The molecule has 1 N–H and O–H groups in total. The summed E-state index contributed by atoms with van der Waals surface area (Å²) in [5, 5.41) is 5.91. The van der Waals surface area contributed by atoms with Gasteiger partial charge in [-0.05, 0) is 48.5 Å². The van der Waals surface area contributed by atoms with E-state index in [0.717, 1.165) is 0 Å². The molecule has 0 aliphatic carbocycles. The molecule has 3 rings (SSSR count).